The van der Waals surface area contributed by atoms with Crippen LogP contribution in [0.2, 0.25) is 0 Å². The van der Waals surface area contributed by atoms with Crippen molar-refractivity contribution in [1.82, 2.24) is 79.1 Å². The van der Waals surface area contributed by atoms with Crippen molar-refractivity contribution in [2.75, 3.05) is 18.1 Å². The third-order valence-electron chi connectivity index (χ3n) is 18.5. The molecular weight excluding hydrogens is 1560 g/mol. The third kappa shape index (κ3) is 30.7. The Balaban J connectivity index is 1.49. The minimum absolute atomic E-state index is 0.0631. The van der Waals surface area contributed by atoms with Crippen molar-refractivity contribution in [3.63, 3.8) is 0 Å². The number of aliphatic hydroxyl groups is 1. The van der Waals surface area contributed by atoms with Crippen LogP contribution in [0.1, 0.15) is 138 Å². The predicted octanol–water partition coefficient (Wildman–Crippen LogP) is 1.17. The summed E-state index contributed by atoms with van der Waals surface area (Å²) in [4.78, 5) is 231. The number of aryl methyl sites for hydroxylation is 1. The Morgan fingerprint density at radius 3 is 1.66 bits per heavy atom. The fraction of sp³-hybridized carbons (Fsp3) is 0.519. The average Bonchev–Trinajstić information content (AvgIpc) is 1.72. The number of hydrogen-bond donors (Lipinski definition) is 19. The Bertz CT molecular complexity index is 4370. The number of rotatable bonds is 25. The van der Waals surface area contributed by atoms with Gasteiger partial charge in [-0.3, -0.25) is 71.9 Å². The van der Waals surface area contributed by atoms with Crippen molar-refractivity contribution in [2.24, 2.45) is 17.8 Å². The van der Waals surface area contributed by atoms with Gasteiger partial charge < -0.3 is 104 Å². The first-order valence-corrected chi connectivity index (χ1v) is 40.9. The van der Waals surface area contributed by atoms with Crippen LogP contribution in [0, 0.1) is 17.8 Å². The van der Waals surface area contributed by atoms with Gasteiger partial charge in [-0.25, -0.2) is 4.79 Å². The molecule has 638 valence electrons. The zero-order chi connectivity index (χ0) is 86.7. The van der Waals surface area contributed by atoms with Crippen molar-refractivity contribution in [1.29, 1.82) is 0 Å². The van der Waals surface area contributed by atoms with Crippen LogP contribution in [0.4, 0.5) is 0 Å². The van der Waals surface area contributed by atoms with Crippen molar-refractivity contribution < 1.29 is 102 Å². The van der Waals surface area contributed by atoms with Gasteiger partial charge in [-0.05, 0) is 125 Å². The minimum Gasteiger partial charge on any atom is -0.488 e. The van der Waals surface area contributed by atoms with Crippen LogP contribution in [0.5, 0.6) is 5.75 Å². The van der Waals surface area contributed by atoms with Crippen molar-refractivity contribution >= 4 is 138 Å². The highest BCUT2D eigenvalue weighted by atomic mass is 33.1. The highest BCUT2D eigenvalue weighted by molar-refractivity contribution is 8.76. The van der Waals surface area contributed by atoms with Crippen molar-refractivity contribution in [2.45, 2.75) is 225 Å². The molecule has 0 radical (unpaired) electrons. The molecule has 6 rings (SSSR count). The number of carbonyl (C=O) groups is 16. The van der Waals surface area contributed by atoms with Gasteiger partial charge in [0.25, 0.3) is 0 Å². The maximum absolute atomic E-state index is 15.3. The van der Waals surface area contributed by atoms with Gasteiger partial charge in [0.1, 0.15) is 77.8 Å². The van der Waals surface area contributed by atoms with Gasteiger partial charge in [0.05, 0.1) is 19.1 Å². The molecule has 1 saturated heterocycles. The van der Waals surface area contributed by atoms with E-state index in [4.69, 9.17) is 4.74 Å². The van der Waals surface area contributed by atoms with Crippen LogP contribution in [0.15, 0.2) is 85.2 Å². The number of nitrogens with one attached hydrogen (secondary N) is 15. The van der Waals surface area contributed by atoms with Gasteiger partial charge >= 0.3 is 17.9 Å². The number of ether oxygens (including phenoxy) is 1. The summed E-state index contributed by atoms with van der Waals surface area (Å²) < 4.78 is 6.14. The van der Waals surface area contributed by atoms with E-state index in [1.54, 1.807) is 115 Å². The number of aromatic amines is 2. The fourth-order valence-electron chi connectivity index (χ4n) is 12.6. The Kier molecular flexibility index (Phi) is 36.1. The van der Waals surface area contributed by atoms with Crippen molar-refractivity contribution in [3.05, 3.63) is 102 Å². The van der Waals surface area contributed by atoms with Gasteiger partial charge in [0, 0.05) is 71.9 Å². The van der Waals surface area contributed by atoms with Gasteiger partial charge in [-0.15, -0.1) is 0 Å². The summed E-state index contributed by atoms with van der Waals surface area (Å²) in [7, 11) is 1.49. The second-order valence-corrected chi connectivity index (χ2v) is 33.5. The number of carbonyl (C=O) groups excluding carboxylic acids is 13. The molecule has 117 heavy (non-hydrogen) atoms. The molecule has 3 heterocycles. The van der Waals surface area contributed by atoms with Gasteiger partial charge in [-0.1, -0.05) is 112 Å². The van der Waals surface area contributed by atoms with Gasteiger partial charge in [0.15, 0.2) is 6.04 Å². The Morgan fingerprint density at radius 1 is 0.556 bits per heavy atom. The van der Waals surface area contributed by atoms with Crippen LogP contribution in [0.3, 0.4) is 0 Å². The van der Waals surface area contributed by atoms with E-state index < -0.39 is 222 Å². The highest BCUT2D eigenvalue weighted by Crippen LogP contribution is 2.27. The molecule has 1 aliphatic rings. The Morgan fingerprint density at radius 2 is 1.09 bits per heavy atom. The number of aromatic nitrogens is 2. The summed E-state index contributed by atoms with van der Waals surface area (Å²) in [5.74, 6) is -20.0. The normalized spacial score (nSPS) is 22.3. The monoisotopic (exact) mass is 1670 g/mol. The summed E-state index contributed by atoms with van der Waals surface area (Å²) in [5, 5.41) is 74.6. The zero-order valence-electron chi connectivity index (χ0n) is 67.4. The molecule has 0 aliphatic carbocycles. The number of carboxylic acids is 3. The molecular formula is C79H109N15O21S2. The summed E-state index contributed by atoms with van der Waals surface area (Å²) in [5.41, 5.74) is 2.24. The SMILES string of the molecule is CC(=O)N[C@@H](CC(=O)O)C(=O)N[C@H]1CSSC[C@@H](C(=O)N[C@H](C(=O)O)[C@@H](C)O)NC(=O)[C@H](Cc2c[nH]c3ccccc23)NC(=O)[C@H](C(C)C)NC(=O)[C@H](CC(C)C)NC(=O)[C@H](CCC(=O)O)NC(=O)CNC(=O)[C@H](CC(C)C)NC(=O)[C@H](Cc2cccc(OC(C)(C)C)c2)NC(=O)[C@H](CCc2c[nH]c3ccccc23)NC(=O)[C@H](C)NC1=O. The lowest BCUT2D eigenvalue weighted by molar-refractivity contribution is -0.145. The standard InChI is InChI=1S/C79H109N15O21S2/c1-39(2)28-55-68(103)82-36-62(97)85-53(26-27-63(98)99)69(104)88-56(29-40(3)4)74(109)93-65(41(5)6)77(112)90-58(32-47-35-81-52-23-16-14-21-50(47)52)72(107)92-61(76(111)94-66(43(8)95)78(113)114)38-117-116-37-60(91-73(108)59(33-64(100)101)84-44(9)96)75(110)83-42(7)67(102)86-54(25-24-46-34-80-51-22-15-13-20-49(46)51)70(105)89-57(71(106)87-55)31-45-18-17-19-48(30-45)115-79(10,11)12/h13-23,30,34-35,39-43,53-61,65-66,80-81,95H,24-29,31-33,36-38H2,1-12H3,(H,82,103)(H,83,110)(H,84,96)(H,85,97)(H,86,102)(H,87,106)(H,88,104)(H,89,105)(H,90,112)(H,91,108)(H,92,107)(H,93,109)(H,94,111)(H,98,99)(H,100,101)(H,113,114)/t42-,43+,53-,54-,55-,56-,57-,58-,59-,60-,61-,65-,66-/m0/s1. The van der Waals surface area contributed by atoms with Crippen LogP contribution >= 0.6 is 21.6 Å². The lowest BCUT2D eigenvalue weighted by Crippen LogP contribution is -2.61. The predicted molar refractivity (Wildman–Crippen MR) is 434 cm³/mol. The lowest BCUT2D eigenvalue weighted by atomic mass is 9.98. The van der Waals surface area contributed by atoms with E-state index in [1.165, 1.54) is 6.92 Å². The Labute approximate surface area is 684 Å². The smallest absolute Gasteiger partial charge is 0.328 e. The molecule has 3 aromatic carbocycles. The van der Waals surface area contributed by atoms with E-state index in [2.05, 4.69) is 79.1 Å². The number of fused-ring (bicyclic) bond motifs is 2. The second kappa shape index (κ2) is 44.7. The molecule has 0 spiro atoms. The molecule has 1 aliphatic heterocycles. The molecule has 13 atom stereocenters. The van der Waals surface area contributed by atoms with E-state index in [0.29, 0.717) is 33.3 Å². The van der Waals surface area contributed by atoms with E-state index in [1.807, 2.05) is 32.9 Å². The summed E-state index contributed by atoms with van der Waals surface area (Å²) in [6.07, 6.45) is -1.52. The number of H-pyrrole nitrogens is 2. The van der Waals surface area contributed by atoms with Crippen LogP contribution in [-0.2, 0) is 96.0 Å². The van der Waals surface area contributed by atoms with Crippen LogP contribution < -0.4 is 73.9 Å². The van der Waals surface area contributed by atoms with Gasteiger partial charge in [-0.2, -0.15) is 0 Å². The topological polar surface area (TPSA) is 551 Å². The van der Waals surface area contributed by atoms with E-state index in [-0.39, 0.29) is 50.4 Å². The maximum atomic E-state index is 15.3. The number of carboxylic acid groups (broad SMARTS) is 3. The molecule has 5 aromatic rings. The summed E-state index contributed by atoms with van der Waals surface area (Å²) in [6, 6.07) is 0.887. The summed E-state index contributed by atoms with van der Waals surface area (Å²) >= 11 is 0. The quantitative estimate of drug-likeness (QED) is 0.0365. The molecule has 13 amide bonds. The largest absolute Gasteiger partial charge is 0.488 e. The highest BCUT2D eigenvalue weighted by Gasteiger charge is 2.39. The van der Waals surface area contributed by atoms with E-state index in [0.717, 1.165) is 46.3 Å². The summed E-state index contributed by atoms with van der Waals surface area (Å²) in [6.45, 7) is 17.9. The molecule has 36 nitrogen and oxygen atoms in total. The van der Waals surface area contributed by atoms with E-state index >= 15 is 14.4 Å². The maximum Gasteiger partial charge on any atom is 0.328 e. The first kappa shape index (κ1) is 94.6. The second-order valence-electron chi connectivity index (χ2n) is 30.9. The third-order valence-corrected chi connectivity index (χ3v) is 20.9. The fourth-order valence-corrected chi connectivity index (χ4v) is 14.9. The van der Waals surface area contributed by atoms with Crippen LogP contribution in [0.25, 0.3) is 21.8 Å². The molecule has 1 fully saturated rings. The number of hydrogen-bond acceptors (Lipinski definition) is 20. The Hall–Kier alpha value is -11.3. The molecule has 2 aromatic heterocycles. The van der Waals surface area contributed by atoms with E-state index in [9.17, 15) is 82.8 Å². The molecule has 19 N–H and O–H groups in total. The minimum atomic E-state index is -1.98. The number of benzene rings is 3. The van der Waals surface area contributed by atoms with Crippen molar-refractivity contribution in [3.8, 4) is 5.75 Å². The number of aliphatic hydroxyl groups excluding tert-OH is 1. The lowest BCUT2D eigenvalue weighted by Gasteiger charge is -2.29. The van der Waals surface area contributed by atoms with Gasteiger partial charge in [0.2, 0.25) is 76.8 Å². The molecule has 0 bridgehead atoms. The number of para-hydroxylation sites is 2. The number of amides is 13. The first-order valence-electron chi connectivity index (χ1n) is 38.4. The molecule has 38 heteroatoms. The zero-order valence-corrected chi connectivity index (χ0v) is 69.0. The molecule has 0 saturated carbocycles. The first-order chi connectivity index (χ1) is 55.1. The number of aliphatic carboxylic acids is 3. The molecule has 0 unspecified atom stereocenters. The average molecular weight is 1670 g/mol. The van der Waals surface area contributed by atoms with Crippen LogP contribution in [-0.4, -0.2) is 227 Å².